The van der Waals surface area contributed by atoms with Crippen LogP contribution in [0.15, 0.2) is 42.0 Å². The van der Waals surface area contributed by atoms with E-state index in [-0.39, 0.29) is 0 Å². The molecule has 0 saturated carbocycles. The highest BCUT2D eigenvalue weighted by Gasteiger charge is 2.20. The van der Waals surface area contributed by atoms with E-state index in [9.17, 15) is 0 Å². The summed E-state index contributed by atoms with van der Waals surface area (Å²) in [6, 6.07) is 8.19. The molecule has 0 amide bonds. The second-order valence-corrected chi connectivity index (χ2v) is 7.70. The molecule has 0 atom stereocenters. The highest BCUT2D eigenvalue weighted by Crippen LogP contribution is 2.32. The molecule has 5 rings (SSSR count). The van der Waals surface area contributed by atoms with Crippen molar-refractivity contribution in [2.45, 2.75) is 25.8 Å². The predicted molar refractivity (Wildman–Crippen MR) is 110 cm³/mol. The fourth-order valence-corrected chi connectivity index (χ4v) is 4.30. The van der Waals surface area contributed by atoms with Crippen molar-refractivity contribution >= 4 is 33.1 Å². The quantitative estimate of drug-likeness (QED) is 0.556. The lowest BCUT2D eigenvalue weighted by Crippen LogP contribution is -2.21. The first-order valence-corrected chi connectivity index (χ1v) is 10.2. The molecule has 1 aliphatic rings. The van der Waals surface area contributed by atoms with Crippen LogP contribution in [0.5, 0.6) is 0 Å². The predicted octanol–water partition coefficient (Wildman–Crippen LogP) is 4.35. The summed E-state index contributed by atoms with van der Waals surface area (Å²) in [5.41, 5.74) is 2.83. The Hall–Kier alpha value is -2.84. The number of hydrogen-bond donors (Lipinski definition) is 1. The van der Waals surface area contributed by atoms with Crippen LogP contribution < -0.4 is 5.32 Å². The number of ether oxygens (including phenoxy) is 1. The van der Waals surface area contributed by atoms with Gasteiger partial charge >= 0.3 is 0 Å². The summed E-state index contributed by atoms with van der Waals surface area (Å²) in [4.78, 5) is 14.8. The van der Waals surface area contributed by atoms with E-state index in [2.05, 4.69) is 32.0 Å². The number of nitrogens with one attached hydrogen (secondary N) is 1. The molecule has 4 aromatic heterocycles. The fraction of sp³-hybridized carbons (Fsp3) is 0.300. The van der Waals surface area contributed by atoms with E-state index in [4.69, 9.17) is 9.72 Å². The molecule has 0 aliphatic carbocycles. The highest BCUT2D eigenvalue weighted by molar-refractivity contribution is 7.16. The first-order chi connectivity index (χ1) is 13.8. The van der Waals surface area contributed by atoms with Crippen LogP contribution in [0.3, 0.4) is 0 Å². The van der Waals surface area contributed by atoms with Crippen molar-refractivity contribution < 1.29 is 4.74 Å². The molecule has 1 aliphatic heterocycles. The second kappa shape index (κ2) is 7.29. The number of fused-ring (bicyclic) bond motifs is 1. The van der Waals surface area contributed by atoms with Gasteiger partial charge < -0.3 is 10.1 Å². The Kier molecular flexibility index (Phi) is 4.50. The smallest absolute Gasteiger partial charge is 0.181 e. The minimum Gasteiger partial charge on any atom is -0.381 e. The molecule has 1 saturated heterocycles. The lowest BCUT2D eigenvalue weighted by atomic mass is 10.1. The van der Waals surface area contributed by atoms with E-state index in [1.165, 1.54) is 0 Å². The summed E-state index contributed by atoms with van der Waals surface area (Å²) in [6.07, 6.45) is 5.63. The zero-order chi connectivity index (χ0) is 18.9. The normalized spacial score (nSPS) is 15.2. The van der Waals surface area contributed by atoms with Crippen molar-refractivity contribution in [3.8, 4) is 11.5 Å². The minimum atomic E-state index is 0.389. The van der Waals surface area contributed by atoms with E-state index in [1.807, 2.05) is 35.8 Å². The van der Waals surface area contributed by atoms with Gasteiger partial charge in [-0.25, -0.2) is 9.97 Å². The Morgan fingerprint density at radius 3 is 2.89 bits per heavy atom. The van der Waals surface area contributed by atoms with Crippen molar-refractivity contribution in [2.24, 2.45) is 0 Å². The Bertz CT molecular complexity index is 1100. The van der Waals surface area contributed by atoms with Gasteiger partial charge in [0.2, 0.25) is 0 Å². The minimum absolute atomic E-state index is 0.389. The van der Waals surface area contributed by atoms with Gasteiger partial charge in [-0.2, -0.15) is 5.10 Å². The van der Waals surface area contributed by atoms with Crippen LogP contribution in [0.25, 0.3) is 21.7 Å². The van der Waals surface area contributed by atoms with Gasteiger partial charge in [0, 0.05) is 19.4 Å². The molecular formula is C20H20N6OS. The monoisotopic (exact) mass is 392 g/mol. The van der Waals surface area contributed by atoms with Crippen LogP contribution in [0.2, 0.25) is 0 Å². The highest BCUT2D eigenvalue weighted by atomic mass is 32.1. The second-order valence-electron chi connectivity index (χ2n) is 6.81. The maximum Gasteiger partial charge on any atom is 0.181 e. The van der Waals surface area contributed by atoms with Crippen LogP contribution in [-0.4, -0.2) is 37.9 Å². The molecule has 0 bridgehead atoms. The summed E-state index contributed by atoms with van der Waals surface area (Å²) in [6.45, 7) is 3.68. The van der Waals surface area contributed by atoms with Gasteiger partial charge in [-0.1, -0.05) is 6.07 Å². The number of nitrogens with zero attached hydrogens (tertiary/aromatic N) is 5. The van der Waals surface area contributed by atoms with Crippen molar-refractivity contribution in [2.75, 3.05) is 18.5 Å². The van der Waals surface area contributed by atoms with E-state index in [0.29, 0.717) is 11.9 Å². The Morgan fingerprint density at radius 1 is 1.18 bits per heavy atom. The molecule has 1 fully saturated rings. The van der Waals surface area contributed by atoms with Crippen molar-refractivity contribution in [1.82, 2.24) is 24.7 Å². The summed E-state index contributed by atoms with van der Waals surface area (Å²) in [7, 11) is 0. The Balaban J connectivity index is 1.52. The number of thiophene rings is 1. The molecule has 5 heterocycles. The average molecular weight is 392 g/mol. The van der Waals surface area contributed by atoms with Crippen molar-refractivity contribution in [1.29, 1.82) is 0 Å². The van der Waals surface area contributed by atoms with Gasteiger partial charge in [-0.05, 0) is 43.3 Å². The van der Waals surface area contributed by atoms with Gasteiger partial charge in [0.15, 0.2) is 5.82 Å². The third-order valence-electron chi connectivity index (χ3n) is 5.05. The number of rotatable bonds is 4. The van der Waals surface area contributed by atoms with Crippen LogP contribution in [0, 0.1) is 6.92 Å². The maximum atomic E-state index is 5.48. The molecule has 7 nitrogen and oxygen atoms in total. The molecular weight excluding hydrogens is 372 g/mol. The first kappa shape index (κ1) is 17.3. The fourth-order valence-electron chi connectivity index (χ4n) is 3.53. The van der Waals surface area contributed by atoms with E-state index >= 15 is 0 Å². The van der Waals surface area contributed by atoms with Crippen LogP contribution in [-0.2, 0) is 4.74 Å². The summed E-state index contributed by atoms with van der Waals surface area (Å²) >= 11 is 1.60. The van der Waals surface area contributed by atoms with Crippen LogP contribution in [0.1, 0.15) is 24.6 Å². The first-order valence-electron chi connectivity index (χ1n) is 9.35. The molecule has 4 aromatic rings. The van der Waals surface area contributed by atoms with E-state index in [0.717, 1.165) is 59.2 Å². The Labute approximate surface area is 166 Å². The largest absolute Gasteiger partial charge is 0.381 e. The van der Waals surface area contributed by atoms with Crippen LogP contribution in [0.4, 0.5) is 11.5 Å². The zero-order valence-electron chi connectivity index (χ0n) is 15.5. The summed E-state index contributed by atoms with van der Waals surface area (Å²) in [5, 5.41) is 11.1. The molecule has 8 heteroatoms. The van der Waals surface area contributed by atoms with Crippen molar-refractivity contribution in [3.63, 3.8) is 0 Å². The van der Waals surface area contributed by atoms with E-state index in [1.54, 1.807) is 17.5 Å². The SMILES string of the molecule is Cc1c(Nc2nc(-c3ccccn3)nc3sccc23)cnn1C1CCOCC1. The van der Waals surface area contributed by atoms with E-state index < -0.39 is 0 Å². The number of pyridine rings is 1. The summed E-state index contributed by atoms with van der Waals surface area (Å²) in [5.74, 6) is 1.40. The average Bonchev–Trinajstić information content (AvgIpc) is 3.36. The van der Waals surface area contributed by atoms with Gasteiger partial charge in [0.1, 0.15) is 16.3 Å². The lowest BCUT2D eigenvalue weighted by Gasteiger charge is -2.23. The van der Waals surface area contributed by atoms with Crippen LogP contribution >= 0.6 is 11.3 Å². The molecule has 28 heavy (non-hydrogen) atoms. The maximum absolute atomic E-state index is 5.48. The number of hydrogen-bond acceptors (Lipinski definition) is 7. The molecule has 1 N–H and O–H groups in total. The third-order valence-corrected chi connectivity index (χ3v) is 5.86. The lowest BCUT2D eigenvalue weighted by molar-refractivity contribution is 0.0657. The Morgan fingerprint density at radius 2 is 2.07 bits per heavy atom. The van der Waals surface area contributed by atoms with Gasteiger partial charge in [0.05, 0.1) is 29.0 Å². The molecule has 0 radical (unpaired) electrons. The molecule has 0 spiro atoms. The summed E-state index contributed by atoms with van der Waals surface area (Å²) < 4.78 is 7.59. The topological polar surface area (TPSA) is 77.8 Å². The number of anilines is 2. The van der Waals surface area contributed by atoms with Gasteiger partial charge in [0.25, 0.3) is 0 Å². The molecule has 0 unspecified atom stereocenters. The number of aromatic nitrogens is 5. The van der Waals surface area contributed by atoms with Gasteiger partial charge in [-0.15, -0.1) is 11.3 Å². The molecule has 0 aromatic carbocycles. The zero-order valence-corrected chi connectivity index (χ0v) is 16.3. The molecule has 142 valence electrons. The van der Waals surface area contributed by atoms with Gasteiger partial charge in [-0.3, -0.25) is 9.67 Å². The van der Waals surface area contributed by atoms with Crippen molar-refractivity contribution in [3.05, 3.63) is 47.7 Å². The third kappa shape index (κ3) is 3.14. The standard InChI is InChI=1S/C20H20N6OS/c1-13-17(12-22-26(13)14-5-9-27-10-6-14)23-18-15-7-11-28-20(15)25-19(24-18)16-4-2-3-8-21-16/h2-4,7-8,11-12,14H,5-6,9-10H2,1H3,(H,23,24,25).